The number of urea groups is 1. The minimum Gasteiger partial charge on any atom is -0.450 e. The zero-order chi connectivity index (χ0) is 14.1. The molecule has 3 N–H and O–H groups in total. The summed E-state index contributed by atoms with van der Waals surface area (Å²) in [5, 5.41) is 7.42. The highest BCUT2D eigenvalue weighted by molar-refractivity contribution is 5.89. The lowest BCUT2D eigenvalue weighted by molar-refractivity contribution is 0.152. The molecule has 0 aliphatic heterocycles. The molecule has 0 spiro atoms. The van der Waals surface area contributed by atoms with Crippen LogP contribution in [0.1, 0.15) is 6.92 Å². The molecular weight excluding hydrogens is 253 g/mol. The normalized spacial score (nSPS) is 9.58. The topological polar surface area (TPSA) is 79.5 Å². The standard InChI is InChI=1S/C12H16FN3O3/c1-2-19-12(18)15-7-6-14-11(17)16-10-5-3-4-9(13)8-10/h3-5,8H,2,6-7H2,1H3,(H,15,18)(H2,14,16,17). The van der Waals surface area contributed by atoms with Gasteiger partial charge in [0.15, 0.2) is 0 Å². The number of amides is 3. The number of nitrogens with one attached hydrogen (secondary N) is 3. The molecule has 0 atom stereocenters. The average molecular weight is 269 g/mol. The van der Waals surface area contributed by atoms with E-state index in [0.29, 0.717) is 12.3 Å². The minimum atomic E-state index is -0.533. The van der Waals surface area contributed by atoms with Crippen LogP contribution in [-0.4, -0.2) is 31.8 Å². The van der Waals surface area contributed by atoms with E-state index in [1.54, 1.807) is 13.0 Å². The van der Waals surface area contributed by atoms with Crippen molar-refractivity contribution in [1.82, 2.24) is 10.6 Å². The molecule has 0 bridgehead atoms. The largest absolute Gasteiger partial charge is 0.450 e. The van der Waals surface area contributed by atoms with Gasteiger partial charge in [-0.05, 0) is 25.1 Å². The van der Waals surface area contributed by atoms with E-state index in [0.717, 1.165) is 0 Å². The van der Waals surface area contributed by atoms with Crippen LogP contribution < -0.4 is 16.0 Å². The van der Waals surface area contributed by atoms with Crippen molar-refractivity contribution >= 4 is 17.8 Å². The predicted octanol–water partition coefficient (Wildman–Crippen LogP) is 1.69. The molecule has 0 unspecified atom stereocenters. The Bertz CT molecular complexity index is 440. The van der Waals surface area contributed by atoms with Gasteiger partial charge in [-0.3, -0.25) is 0 Å². The van der Waals surface area contributed by atoms with E-state index in [2.05, 4.69) is 20.7 Å². The third-order valence-corrected chi connectivity index (χ3v) is 2.04. The van der Waals surface area contributed by atoms with Crippen LogP contribution in [0.4, 0.5) is 19.7 Å². The summed E-state index contributed by atoms with van der Waals surface area (Å²) in [6.07, 6.45) is -0.533. The van der Waals surface area contributed by atoms with Crippen LogP contribution in [0.15, 0.2) is 24.3 Å². The zero-order valence-electron chi connectivity index (χ0n) is 10.5. The Morgan fingerprint density at radius 1 is 1.26 bits per heavy atom. The molecule has 6 nitrogen and oxygen atoms in total. The number of anilines is 1. The maximum atomic E-state index is 12.9. The lowest BCUT2D eigenvalue weighted by Gasteiger charge is -2.08. The minimum absolute atomic E-state index is 0.236. The van der Waals surface area contributed by atoms with Gasteiger partial charge in [0.1, 0.15) is 5.82 Å². The summed E-state index contributed by atoms with van der Waals surface area (Å²) in [7, 11) is 0. The second-order valence-electron chi connectivity index (χ2n) is 3.54. The van der Waals surface area contributed by atoms with E-state index >= 15 is 0 Å². The second kappa shape index (κ2) is 7.91. The van der Waals surface area contributed by atoms with Crippen molar-refractivity contribution in [2.45, 2.75) is 6.92 Å². The number of alkyl carbamates (subject to hydrolysis) is 1. The van der Waals surface area contributed by atoms with Gasteiger partial charge in [0.2, 0.25) is 0 Å². The Balaban J connectivity index is 2.20. The van der Waals surface area contributed by atoms with E-state index in [9.17, 15) is 14.0 Å². The summed E-state index contributed by atoms with van der Waals surface area (Å²) in [5.41, 5.74) is 0.357. The van der Waals surface area contributed by atoms with Crippen molar-refractivity contribution in [2.24, 2.45) is 0 Å². The first-order valence-corrected chi connectivity index (χ1v) is 5.83. The highest BCUT2D eigenvalue weighted by Gasteiger charge is 2.03. The van der Waals surface area contributed by atoms with Crippen LogP contribution in [0.2, 0.25) is 0 Å². The smallest absolute Gasteiger partial charge is 0.407 e. The van der Waals surface area contributed by atoms with E-state index in [1.165, 1.54) is 18.2 Å². The summed E-state index contributed by atoms with van der Waals surface area (Å²) >= 11 is 0. The van der Waals surface area contributed by atoms with E-state index in [-0.39, 0.29) is 13.1 Å². The Kier molecular flexibility index (Phi) is 6.14. The molecule has 0 heterocycles. The maximum Gasteiger partial charge on any atom is 0.407 e. The van der Waals surface area contributed by atoms with Gasteiger partial charge in [0.05, 0.1) is 6.61 Å². The van der Waals surface area contributed by atoms with Crippen LogP contribution >= 0.6 is 0 Å². The van der Waals surface area contributed by atoms with Gasteiger partial charge in [0.25, 0.3) is 0 Å². The maximum absolute atomic E-state index is 12.9. The molecule has 7 heteroatoms. The Morgan fingerprint density at radius 3 is 2.68 bits per heavy atom. The molecule has 0 aliphatic carbocycles. The molecule has 0 fully saturated rings. The second-order valence-corrected chi connectivity index (χ2v) is 3.54. The SMILES string of the molecule is CCOC(=O)NCCNC(=O)Nc1cccc(F)c1. The molecule has 0 aromatic heterocycles. The number of halogens is 1. The highest BCUT2D eigenvalue weighted by atomic mass is 19.1. The van der Waals surface area contributed by atoms with Crippen LogP contribution in [-0.2, 0) is 4.74 Å². The molecule has 0 radical (unpaired) electrons. The Morgan fingerprint density at radius 2 is 2.00 bits per heavy atom. The lowest BCUT2D eigenvalue weighted by atomic mass is 10.3. The highest BCUT2D eigenvalue weighted by Crippen LogP contribution is 2.08. The molecular formula is C12H16FN3O3. The van der Waals surface area contributed by atoms with Crippen LogP contribution in [0.25, 0.3) is 0 Å². The summed E-state index contributed by atoms with van der Waals surface area (Å²) in [5.74, 6) is -0.429. The fourth-order valence-corrected chi connectivity index (χ4v) is 1.26. The number of rotatable bonds is 5. The van der Waals surface area contributed by atoms with E-state index in [4.69, 9.17) is 0 Å². The number of benzene rings is 1. The van der Waals surface area contributed by atoms with E-state index < -0.39 is 17.9 Å². The van der Waals surface area contributed by atoms with Gasteiger partial charge in [-0.2, -0.15) is 0 Å². The van der Waals surface area contributed by atoms with Crippen molar-refractivity contribution in [3.63, 3.8) is 0 Å². The van der Waals surface area contributed by atoms with Crippen molar-refractivity contribution in [3.05, 3.63) is 30.1 Å². The number of carbonyl (C=O) groups is 2. The predicted molar refractivity (Wildman–Crippen MR) is 68.4 cm³/mol. The van der Waals surface area contributed by atoms with Gasteiger partial charge in [0, 0.05) is 18.8 Å². The quantitative estimate of drug-likeness (QED) is 0.712. The van der Waals surface area contributed by atoms with Crippen molar-refractivity contribution in [1.29, 1.82) is 0 Å². The number of carbonyl (C=O) groups excluding carboxylic acids is 2. The molecule has 3 amide bonds. The molecule has 1 rings (SSSR count). The summed E-state index contributed by atoms with van der Waals surface area (Å²) in [6, 6.07) is 5.08. The zero-order valence-corrected chi connectivity index (χ0v) is 10.5. The molecule has 0 saturated carbocycles. The number of ether oxygens (including phenoxy) is 1. The average Bonchev–Trinajstić information content (AvgIpc) is 2.35. The first kappa shape index (κ1) is 14.7. The first-order chi connectivity index (χ1) is 9.11. The Hall–Kier alpha value is -2.31. The molecule has 104 valence electrons. The molecule has 1 aromatic carbocycles. The van der Waals surface area contributed by atoms with Crippen molar-refractivity contribution in [2.75, 3.05) is 25.0 Å². The fraction of sp³-hybridized carbons (Fsp3) is 0.333. The van der Waals surface area contributed by atoms with E-state index in [1.807, 2.05) is 0 Å². The third kappa shape index (κ3) is 6.25. The molecule has 0 aliphatic rings. The van der Waals surface area contributed by atoms with Gasteiger partial charge < -0.3 is 20.7 Å². The summed E-state index contributed by atoms with van der Waals surface area (Å²) < 4.78 is 17.5. The van der Waals surface area contributed by atoms with Crippen molar-refractivity contribution < 1.29 is 18.7 Å². The van der Waals surface area contributed by atoms with Crippen LogP contribution in [0.5, 0.6) is 0 Å². The van der Waals surface area contributed by atoms with Gasteiger partial charge in [-0.15, -0.1) is 0 Å². The number of hydrogen-bond acceptors (Lipinski definition) is 3. The first-order valence-electron chi connectivity index (χ1n) is 5.83. The number of hydrogen-bond donors (Lipinski definition) is 3. The van der Waals surface area contributed by atoms with Crippen LogP contribution in [0, 0.1) is 5.82 Å². The third-order valence-electron chi connectivity index (χ3n) is 2.04. The molecule has 1 aromatic rings. The lowest BCUT2D eigenvalue weighted by Crippen LogP contribution is -2.37. The fourth-order valence-electron chi connectivity index (χ4n) is 1.26. The van der Waals surface area contributed by atoms with Gasteiger partial charge in [-0.25, -0.2) is 14.0 Å². The summed E-state index contributed by atoms with van der Waals surface area (Å²) in [4.78, 5) is 22.3. The Labute approximate surface area is 110 Å². The summed E-state index contributed by atoms with van der Waals surface area (Å²) in [6.45, 7) is 2.47. The molecule has 19 heavy (non-hydrogen) atoms. The van der Waals surface area contributed by atoms with Crippen molar-refractivity contribution in [3.8, 4) is 0 Å². The monoisotopic (exact) mass is 269 g/mol. The van der Waals surface area contributed by atoms with Gasteiger partial charge >= 0.3 is 12.1 Å². The molecule has 0 saturated heterocycles. The van der Waals surface area contributed by atoms with Crippen LogP contribution in [0.3, 0.4) is 0 Å². The van der Waals surface area contributed by atoms with Gasteiger partial charge in [-0.1, -0.05) is 6.07 Å².